The number of thiophene rings is 1. The smallest absolute Gasteiger partial charge is 0.363 e. The Labute approximate surface area is 170 Å². The van der Waals surface area contributed by atoms with Crippen molar-refractivity contribution in [3.63, 3.8) is 0 Å². The first-order valence-corrected chi connectivity index (χ1v) is 9.62. The van der Waals surface area contributed by atoms with E-state index < -0.39 is 5.97 Å². The van der Waals surface area contributed by atoms with E-state index in [9.17, 15) is 9.18 Å². The van der Waals surface area contributed by atoms with Gasteiger partial charge in [0, 0.05) is 5.56 Å². The first-order chi connectivity index (χ1) is 14.1. The predicted molar refractivity (Wildman–Crippen MR) is 109 cm³/mol. The normalized spacial score (nSPS) is 14.6. The molecule has 3 aromatic rings. The molecule has 0 aliphatic carbocycles. The van der Waals surface area contributed by atoms with Crippen LogP contribution in [0.4, 0.5) is 4.39 Å². The monoisotopic (exact) mass is 409 g/mol. The van der Waals surface area contributed by atoms with Crippen molar-refractivity contribution >= 4 is 29.3 Å². The van der Waals surface area contributed by atoms with E-state index in [1.165, 1.54) is 24.5 Å². The Kier molecular flexibility index (Phi) is 5.39. The minimum Gasteiger partial charge on any atom is -0.493 e. The Morgan fingerprint density at radius 2 is 2.00 bits per heavy atom. The van der Waals surface area contributed by atoms with Crippen molar-refractivity contribution in [2.45, 2.75) is 6.61 Å². The molecule has 2 aromatic carbocycles. The van der Waals surface area contributed by atoms with Crippen molar-refractivity contribution in [3.8, 4) is 11.5 Å². The SMILES string of the molecule is COc1ccc(/C=C2\N=C(c3cccs3)OC2=O)cc1OCc1ccccc1F. The van der Waals surface area contributed by atoms with Gasteiger partial charge in [0.15, 0.2) is 17.2 Å². The molecule has 29 heavy (non-hydrogen) atoms. The third-order valence-corrected chi connectivity index (χ3v) is 5.04. The van der Waals surface area contributed by atoms with Crippen LogP contribution in [0.3, 0.4) is 0 Å². The van der Waals surface area contributed by atoms with Crippen molar-refractivity contribution in [3.05, 3.63) is 87.5 Å². The molecule has 146 valence electrons. The van der Waals surface area contributed by atoms with E-state index in [4.69, 9.17) is 14.2 Å². The summed E-state index contributed by atoms with van der Waals surface area (Å²) >= 11 is 1.44. The second kappa shape index (κ2) is 8.28. The van der Waals surface area contributed by atoms with Gasteiger partial charge in [-0.1, -0.05) is 30.3 Å². The number of hydrogen-bond donors (Lipinski definition) is 0. The van der Waals surface area contributed by atoms with Crippen LogP contribution in [0.2, 0.25) is 0 Å². The molecular formula is C22H16FNO4S. The summed E-state index contributed by atoms with van der Waals surface area (Å²) in [6, 6.07) is 15.3. The van der Waals surface area contributed by atoms with Crippen molar-refractivity contribution in [2.24, 2.45) is 4.99 Å². The highest BCUT2D eigenvalue weighted by Gasteiger charge is 2.24. The fourth-order valence-corrected chi connectivity index (χ4v) is 3.39. The summed E-state index contributed by atoms with van der Waals surface area (Å²) in [6.45, 7) is 0.0474. The number of nitrogens with zero attached hydrogens (tertiary/aromatic N) is 1. The quantitative estimate of drug-likeness (QED) is 0.433. The molecule has 0 spiro atoms. The number of esters is 1. The topological polar surface area (TPSA) is 57.1 Å². The van der Waals surface area contributed by atoms with Crippen molar-refractivity contribution in [2.75, 3.05) is 7.11 Å². The highest BCUT2D eigenvalue weighted by molar-refractivity contribution is 7.12. The molecule has 0 saturated heterocycles. The average molecular weight is 409 g/mol. The molecule has 0 amide bonds. The van der Waals surface area contributed by atoms with Gasteiger partial charge in [0.25, 0.3) is 0 Å². The van der Waals surface area contributed by atoms with Gasteiger partial charge in [0.05, 0.1) is 12.0 Å². The third-order valence-electron chi connectivity index (χ3n) is 4.18. The lowest BCUT2D eigenvalue weighted by atomic mass is 10.1. The maximum absolute atomic E-state index is 13.8. The Morgan fingerprint density at radius 3 is 2.76 bits per heavy atom. The maximum Gasteiger partial charge on any atom is 0.363 e. The Hall–Kier alpha value is -3.45. The Morgan fingerprint density at radius 1 is 1.14 bits per heavy atom. The first kappa shape index (κ1) is 18.9. The van der Waals surface area contributed by atoms with Gasteiger partial charge in [0.2, 0.25) is 5.90 Å². The lowest BCUT2D eigenvalue weighted by Crippen LogP contribution is -2.03. The third kappa shape index (κ3) is 4.20. The van der Waals surface area contributed by atoms with E-state index in [1.807, 2.05) is 17.5 Å². The molecule has 0 saturated carbocycles. The summed E-state index contributed by atoms with van der Waals surface area (Å²) in [4.78, 5) is 17.2. The maximum atomic E-state index is 13.8. The fourth-order valence-electron chi connectivity index (χ4n) is 2.74. The van der Waals surface area contributed by atoms with E-state index in [-0.39, 0.29) is 18.1 Å². The van der Waals surface area contributed by atoms with Crippen molar-refractivity contribution in [1.82, 2.24) is 0 Å². The van der Waals surface area contributed by atoms with Gasteiger partial charge in [-0.3, -0.25) is 0 Å². The molecule has 0 radical (unpaired) electrons. The van der Waals surface area contributed by atoms with Crippen molar-refractivity contribution < 1.29 is 23.4 Å². The highest BCUT2D eigenvalue weighted by Crippen LogP contribution is 2.31. The number of benzene rings is 2. The fraction of sp³-hybridized carbons (Fsp3) is 0.0909. The zero-order valence-corrected chi connectivity index (χ0v) is 16.2. The van der Waals surface area contributed by atoms with E-state index in [2.05, 4.69) is 4.99 Å². The van der Waals surface area contributed by atoms with Crippen LogP contribution >= 0.6 is 11.3 Å². The minimum atomic E-state index is -0.516. The molecule has 1 aliphatic rings. The number of carbonyl (C=O) groups excluding carboxylic acids is 1. The molecule has 0 unspecified atom stereocenters. The minimum absolute atomic E-state index is 0.0474. The molecule has 2 heterocycles. The van der Waals surface area contributed by atoms with Crippen molar-refractivity contribution in [1.29, 1.82) is 0 Å². The number of rotatable bonds is 6. The lowest BCUT2D eigenvalue weighted by Gasteiger charge is -2.12. The van der Waals surface area contributed by atoms with Crippen LogP contribution < -0.4 is 9.47 Å². The summed E-state index contributed by atoms with van der Waals surface area (Å²) in [6.07, 6.45) is 1.61. The molecule has 0 atom stereocenters. The number of halogens is 1. The zero-order valence-electron chi connectivity index (χ0n) is 15.4. The molecule has 7 heteroatoms. The molecule has 4 rings (SSSR count). The van der Waals surface area contributed by atoms with E-state index in [1.54, 1.807) is 42.5 Å². The first-order valence-electron chi connectivity index (χ1n) is 8.75. The number of aliphatic imine (C=N–C) groups is 1. The van der Waals surface area contributed by atoms with Gasteiger partial charge in [-0.25, -0.2) is 14.2 Å². The molecule has 0 fully saturated rings. The van der Waals surface area contributed by atoms with Crippen LogP contribution in [0.15, 0.2) is 70.7 Å². The van der Waals surface area contributed by atoms with Gasteiger partial charge in [0.1, 0.15) is 12.4 Å². The second-order valence-corrected chi connectivity index (χ2v) is 7.05. The molecular weight excluding hydrogens is 393 g/mol. The highest BCUT2D eigenvalue weighted by atomic mass is 32.1. The predicted octanol–water partition coefficient (Wildman–Crippen LogP) is 4.82. The lowest BCUT2D eigenvalue weighted by molar-refractivity contribution is -0.129. The Bertz CT molecular complexity index is 1110. The Balaban J connectivity index is 1.58. The summed E-state index contributed by atoms with van der Waals surface area (Å²) in [5.74, 6) is 0.368. The van der Waals surface area contributed by atoms with Crippen LogP contribution in [0.5, 0.6) is 11.5 Å². The molecule has 1 aromatic heterocycles. The number of ether oxygens (including phenoxy) is 3. The van der Waals surface area contributed by atoms with E-state index in [0.29, 0.717) is 28.5 Å². The summed E-state index contributed by atoms with van der Waals surface area (Å²) in [5.41, 5.74) is 1.30. The van der Waals surface area contributed by atoms with E-state index >= 15 is 0 Å². The van der Waals surface area contributed by atoms with Gasteiger partial charge in [-0.15, -0.1) is 11.3 Å². The van der Waals surface area contributed by atoms with Gasteiger partial charge in [-0.05, 0) is 41.3 Å². The van der Waals surface area contributed by atoms with Gasteiger partial charge < -0.3 is 14.2 Å². The summed E-state index contributed by atoms with van der Waals surface area (Å²) in [5, 5.41) is 1.88. The van der Waals surface area contributed by atoms with Crippen LogP contribution in [0, 0.1) is 5.82 Å². The molecule has 5 nitrogen and oxygen atoms in total. The molecule has 1 aliphatic heterocycles. The second-order valence-electron chi connectivity index (χ2n) is 6.10. The largest absolute Gasteiger partial charge is 0.493 e. The number of methoxy groups -OCH3 is 1. The van der Waals surface area contributed by atoms with Crippen LogP contribution in [0.1, 0.15) is 16.0 Å². The van der Waals surface area contributed by atoms with Gasteiger partial charge in [-0.2, -0.15) is 0 Å². The number of cyclic esters (lactones) is 1. The van der Waals surface area contributed by atoms with Crippen LogP contribution in [-0.2, 0) is 16.1 Å². The summed E-state index contributed by atoms with van der Waals surface area (Å²) in [7, 11) is 1.52. The molecule has 0 bridgehead atoms. The van der Waals surface area contributed by atoms with Crippen LogP contribution in [0.25, 0.3) is 6.08 Å². The standard InChI is InChI=1S/C22H16FNO4S/c1-26-18-9-8-14(12-19(18)27-13-15-5-2-3-6-16(15)23)11-17-22(25)28-21(24-17)20-7-4-10-29-20/h2-12H,13H2,1H3/b17-11-. The summed E-state index contributed by atoms with van der Waals surface area (Å²) < 4.78 is 30.2. The number of hydrogen-bond acceptors (Lipinski definition) is 6. The average Bonchev–Trinajstić information content (AvgIpc) is 3.38. The van der Waals surface area contributed by atoms with Gasteiger partial charge >= 0.3 is 5.97 Å². The number of carbonyl (C=O) groups is 1. The van der Waals surface area contributed by atoms with Crippen LogP contribution in [-0.4, -0.2) is 19.0 Å². The van der Waals surface area contributed by atoms with E-state index in [0.717, 1.165) is 4.88 Å². The molecule has 0 N–H and O–H groups in total. The zero-order chi connectivity index (χ0) is 20.2.